The van der Waals surface area contributed by atoms with Crippen molar-refractivity contribution in [1.82, 2.24) is 10.4 Å². The molecule has 1 amide bonds. The molecule has 0 saturated carbocycles. The van der Waals surface area contributed by atoms with E-state index < -0.39 is 0 Å². The number of hydrazone groups is 1. The number of para-hydroxylation sites is 1. The Morgan fingerprint density at radius 1 is 1.19 bits per heavy atom. The molecule has 162 valence electrons. The molecule has 1 heterocycles. The van der Waals surface area contributed by atoms with E-state index in [2.05, 4.69) is 31.4 Å². The van der Waals surface area contributed by atoms with E-state index in [9.17, 15) is 4.79 Å². The van der Waals surface area contributed by atoms with Crippen LogP contribution in [0.3, 0.4) is 0 Å². The van der Waals surface area contributed by atoms with Crippen molar-refractivity contribution < 1.29 is 19.0 Å². The van der Waals surface area contributed by atoms with Crippen molar-refractivity contribution in [2.24, 2.45) is 5.10 Å². The first kappa shape index (κ1) is 22.6. The number of halogens is 1. The second-order valence-corrected chi connectivity index (χ2v) is 7.70. The summed E-state index contributed by atoms with van der Waals surface area (Å²) in [6.45, 7) is 6.12. The Balaban J connectivity index is 1.62. The molecule has 31 heavy (non-hydrogen) atoms. The fraction of sp³-hybridized carbons (Fsp3) is 0.261. The first-order valence-corrected chi connectivity index (χ1v) is 10.7. The van der Waals surface area contributed by atoms with E-state index in [-0.39, 0.29) is 18.6 Å². The zero-order valence-electron chi connectivity index (χ0n) is 17.6. The molecule has 0 aliphatic heterocycles. The second kappa shape index (κ2) is 10.8. The predicted molar refractivity (Wildman–Crippen MR) is 124 cm³/mol. The van der Waals surface area contributed by atoms with Gasteiger partial charge in [-0.25, -0.2) is 5.43 Å². The first-order valence-electron chi connectivity index (χ1n) is 9.89. The molecule has 0 atom stereocenters. The van der Waals surface area contributed by atoms with Crippen molar-refractivity contribution in [3.05, 3.63) is 58.7 Å². The van der Waals surface area contributed by atoms with Crippen LogP contribution in [-0.4, -0.2) is 36.4 Å². The van der Waals surface area contributed by atoms with E-state index in [0.29, 0.717) is 29.4 Å². The highest BCUT2D eigenvalue weighted by atomic mass is 79.9. The van der Waals surface area contributed by atoms with E-state index in [0.717, 1.165) is 15.4 Å². The standard InChI is InChI=1S/C23H24BrN3O4/c1-4-29-20-12-16(11-18(24)23(20)31-15(2)3)13-26-27-21(28)14-30-19-9-5-7-17-8-6-10-25-22(17)19/h5-13,15H,4,14H2,1-3H3,(H,27,28)/b26-13+. The summed E-state index contributed by atoms with van der Waals surface area (Å²) in [5.41, 5.74) is 3.91. The SMILES string of the molecule is CCOc1cc(/C=N/NC(=O)COc2cccc3cccnc23)cc(Br)c1OC(C)C. The van der Waals surface area contributed by atoms with E-state index in [4.69, 9.17) is 14.2 Å². The number of fused-ring (bicyclic) bond motifs is 1. The molecule has 1 N–H and O–H groups in total. The first-order chi connectivity index (χ1) is 15.0. The molecule has 0 unspecified atom stereocenters. The largest absolute Gasteiger partial charge is 0.490 e. The van der Waals surface area contributed by atoms with Gasteiger partial charge in [0.2, 0.25) is 0 Å². The Morgan fingerprint density at radius 2 is 2.00 bits per heavy atom. The van der Waals surface area contributed by atoms with Gasteiger partial charge in [-0.1, -0.05) is 18.2 Å². The van der Waals surface area contributed by atoms with Gasteiger partial charge >= 0.3 is 0 Å². The number of hydrogen-bond acceptors (Lipinski definition) is 6. The lowest BCUT2D eigenvalue weighted by Gasteiger charge is -2.16. The van der Waals surface area contributed by atoms with Crippen molar-refractivity contribution >= 4 is 39.0 Å². The van der Waals surface area contributed by atoms with Crippen molar-refractivity contribution in [2.75, 3.05) is 13.2 Å². The molecule has 0 aliphatic rings. The van der Waals surface area contributed by atoms with Gasteiger partial charge in [-0.3, -0.25) is 9.78 Å². The summed E-state index contributed by atoms with van der Waals surface area (Å²) >= 11 is 3.51. The molecule has 0 spiro atoms. The van der Waals surface area contributed by atoms with Crippen LogP contribution in [0.2, 0.25) is 0 Å². The van der Waals surface area contributed by atoms with Gasteiger partial charge in [0, 0.05) is 11.6 Å². The number of hydrogen-bond donors (Lipinski definition) is 1. The molecule has 2 aromatic carbocycles. The molecule has 3 rings (SSSR count). The normalized spacial score (nSPS) is 11.1. The second-order valence-electron chi connectivity index (χ2n) is 6.84. The van der Waals surface area contributed by atoms with Crippen molar-refractivity contribution in [3.63, 3.8) is 0 Å². The molecule has 0 radical (unpaired) electrons. The topological polar surface area (TPSA) is 82.0 Å². The van der Waals surface area contributed by atoms with Gasteiger partial charge in [-0.15, -0.1) is 0 Å². The summed E-state index contributed by atoms with van der Waals surface area (Å²) in [7, 11) is 0. The number of pyridine rings is 1. The third-order valence-corrected chi connectivity index (χ3v) is 4.63. The van der Waals surface area contributed by atoms with Crippen LogP contribution < -0.4 is 19.6 Å². The lowest BCUT2D eigenvalue weighted by atomic mass is 10.2. The summed E-state index contributed by atoms with van der Waals surface area (Å²) in [5, 5.41) is 4.96. The van der Waals surface area contributed by atoms with Gasteiger partial charge in [-0.2, -0.15) is 5.10 Å². The van der Waals surface area contributed by atoms with E-state index in [1.165, 1.54) is 6.21 Å². The highest BCUT2D eigenvalue weighted by molar-refractivity contribution is 9.10. The molecule has 0 aliphatic carbocycles. The molecule has 0 saturated heterocycles. The number of carbonyl (C=O) groups excluding carboxylic acids is 1. The summed E-state index contributed by atoms with van der Waals surface area (Å²) in [6.07, 6.45) is 3.22. The number of rotatable bonds is 9. The van der Waals surface area contributed by atoms with Crippen LogP contribution >= 0.6 is 15.9 Å². The summed E-state index contributed by atoms with van der Waals surface area (Å²) < 4.78 is 17.9. The van der Waals surface area contributed by atoms with E-state index in [1.54, 1.807) is 18.3 Å². The maximum Gasteiger partial charge on any atom is 0.277 e. The van der Waals surface area contributed by atoms with Crippen LogP contribution in [0.5, 0.6) is 17.2 Å². The quantitative estimate of drug-likeness (QED) is 0.350. The maximum atomic E-state index is 12.1. The average molecular weight is 486 g/mol. The van der Waals surface area contributed by atoms with Gasteiger partial charge < -0.3 is 14.2 Å². The zero-order valence-corrected chi connectivity index (χ0v) is 19.2. The molecule has 0 bridgehead atoms. The fourth-order valence-corrected chi connectivity index (χ4v) is 3.38. The molecular formula is C23H24BrN3O4. The highest BCUT2D eigenvalue weighted by Gasteiger charge is 2.13. The highest BCUT2D eigenvalue weighted by Crippen LogP contribution is 2.37. The minimum atomic E-state index is -0.381. The van der Waals surface area contributed by atoms with Crippen LogP contribution in [0.1, 0.15) is 26.3 Å². The van der Waals surface area contributed by atoms with Crippen LogP contribution in [-0.2, 0) is 4.79 Å². The Labute approximate surface area is 189 Å². The Hall–Kier alpha value is -3.13. The van der Waals surface area contributed by atoms with Crippen LogP contribution in [0.15, 0.2) is 58.2 Å². The summed E-state index contributed by atoms with van der Waals surface area (Å²) in [5.74, 6) is 1.40. The Bertz CT molecular complexity index is 1080. The fourth-order valence-electron chi connectivity index (χ4n) is 2.82. The van der Waals surface area contributed by atoms with Gasteiger partial charge in [-0.05, 0) is 66.5 Å². The number of benzene rings is 2. The van der Waals surface area contributed by atoms with Crippen LogP contribution in [0, 0.1) is 0 Å². The predicted octanol–water partition coefficient (Wildman–Crippen LogP) is 4.71. The van der Waals surface area contributed by atoms with E-state index >= 15 is 0 Å². The Morgan fingerprint density at radius 3 is 2.77 bits per heavy atom. The van der Waals surface area contributed by atoms with Crippen LogP contribution in [0.4, 0.5) is 0 Å². The third-order valence-electron chi connectivity index (χ3n) is 4.04. The van der Waals surface area contributed by atoms with Gasteiger partial charge in [0.15, 0.2) is 18.1 Å². The van der Waals surface area contributed by atoms with Gasteiger partial charge in [0.05, 0.1) is 23.4 Å². The lowest BCUT2D eigenvalue weighted by molar-refractivity contribution is -0.123. The van der Waals surface area contributed by atoms with E-state index in [1.807, 2.05) is 51.1 Å². The monoisotopic (exact) mass is 485 g/mol. The summed E-state index contributed by atoms with van der Waals surface area (Å²) in [4.78, 5) is 16.4. The van der Waals surface area contributed by atoms with Crippen molar-refractivity contribution in [2.45, 2.75) is 26.9 Å². The number of nitrogens with one attached hydrogen (secondary N) is 1. The molecule has 0 fully saturated rings. The Kier molecular flexibility index (Phi) is 7.83. The smallest absolute Gasteiger partial charge is 0.277 e. The number of aromatic nitrogens is 1. The van der Waals surface area contributed by atoms with Crippen molar-refractivity contribution in [1.29, 1.82) is 0 Å². The summed E-state index contributed by atoms with van der Waals surface area (Å²) in [6, 6.07) is 13.0. The number of nitrogens with zero attached hydrogens (tertiary/aromatic N) is 2. The molecule has 8 heteroatoms. The van der Waals surface area contributed by atoms with Crippen molar-refractivity contribution in [3.8, 4) is 17.2 Å². The molecule has 7 nitrogen and oxygen atoms in total. The maximum absolute atomic E-state index is 12.1. The number of ether oxygens (including phenoxy) is 3. The van der Waals surface area contributed by atoms with Crippen LogP contribution in [0.25, 0.3) is 10.9 Å². The molecule has 1 aromatic heterocycles. The molecule has 3 aromatic rings. The number of carbonyl (C=O) groups is 1. The minimum absolute atomic E-state index is 0.00578. The average Bonchev–Trinajstić information content (AvgIpc) is 2.74. The number of amides is 1. The third kappa shape index (κ3) is 6.18. The zero-order chi connectivity index (χ0) is 22.2. The van der Waals surface area contributed by atoms with Gasteiger partial charge in [0.25, 0.3) is 5.91 Å². The molecular weight excluding hydrogens is 462 g/mol. The lowest BCUT2D eigenvalue weighted by Crippen LogP contribution is -2.24. The minimum Gasteiger partial charge on any atom is -0.490 e. The van der Waals surface area contributed by atoms with Gasteiger partial charge in [0.1, 0.15) is 11.3 Å².